The molecule has 1 aliphatic heterocycles. The molecule has 0 aliphatic carbocycles. The molecule has 1 aromatic carbocycles. The standard InChI is InChI=1S/C18H22F3N3O6/c1-10-7-23(8-11(2)30-10)16(25)9-29-17(26)12(3)22-14-5-4-13(18(19,20)21)6-15(14)24(27)28/h4-6,10-12,22H,7-9H2,1-3H3/t10-,11-,12+/m1/s1. The zero-order valence-corrected chi connectivity index (χ0v) is 16.6. The molecule has 0 unspecified atom stereocenters. The van der Waals surface area contributed by atoms with Crippen molar-refractivity contribution in [3.05, 3.63) is 33.9 Å². The van der Waals surface area contributed by atoms with E-state index in [1.165, 1.54) is 11.8 Å². The number of rotatable bonds is 6. The summed E-state index contributed by atoms with van der Waals surface area (Å²) in [5, 5.41) is 13.6. The van der Waals surface area contributed by atoms with Crippen LogP contribution in [0, 0.1) is 10.1 Å². The highest BCUT2D eigenvalue weighted by molar-refractivity contribution is 5.84. The molecular formula is C18H22F3N3O6. The number of esters is 1. The molecule has 1 amide bonds. The average Bonchev–Trinajstić information content (AvgIpc) is 2.64. The van der Waals surface area contributed by atoms with Gasteiger partial charge in [0.2, 0.25) is 0 Å². The maximum Gasteiger partial charge on any atom is 0.416 e. The molecule has 0 spiro atoms. The van der Waals surface area contributed by atoms with Crippen molar-refractivity contribution in [2.75, 3.05) is 25.0 Å². The van der Waals surface area contributed by atoms with Crippen molar-refractivity contribution in [1.82, 2.24) is 4.90 Å². The first-order valence-electron chi connectivity index (χ1n) is 9.10. The maximum absolute atomic E-state index is 12.8. The van der Waals surface area contributed by atoms with Gasteiger partial charge in [0.05, 0.1) is 22.7 Å². The summed E-state index contributed by atoms with van der Waals surface area (Å²) in [7, 11) is 0. The number of alkyl halides is 3. The number of halogens is 3. The molecule has 1 aromatic rings. The minimum atomic E-state index is -4.75. The summed E-state index contributed by atoms with van der Waals surface area (Å²) < 4.78 is 48.8. The Morgan fingerprint density at radius 1 is 1.33 bits per heavy atom. The topological polar surface area (TPSA) is 111 Å². The van der Waals surface area contributed by atoms with Crippen LogP contribution >= 0.6 is 0 Å². The SMILES string of the molecule is C[C@@H]1CN(C(=O)COC(=O)[C@H](C)Nc2ccc(C(F)(F)F)cc2[N+](=O)[O-])C[C@@H](C)O1. The zero-order chi connectivity index (χ0) is 22.6. The number of amides is 1. The molecule has 0 bridgehead atoms. The van der Waals surface area contributed by atoms with Gasteiger partial charge in [0.15, 0.2) is 6.61 Å². The van der Waals surface area contributed by atoms with Crippen molar-refractivity contribution >= 4 is 23.3 Å². The molecule has 3 atom stereocenters. The molecule has 0 saturated carbocycles. The van der Waals surface area contributed by atoms with Crippen LogP contribution in [0.15, 0.2) is 18.2 Å². The van der Waals surface area contributed by atoms with Gasteiger partial charge in [-0.2, -0.15) is 13.2 Å². The molecule has 1 aliphatic rings. The smallest absolute Gasteiger partial charge is 0.416 e. The highest BCUT2D eigenvalue weighted by Crippen LogP contribution is 2.35. The Labute approximate surface area is 170 Å². The van der Waals surface area contributed by atoms with Crippen LogP contribution in [0.3, 0.4) is 0 Å². The van der Waals surface area contributed by atoms with Crippen LogP contribution in [-0.4, -0.2) is 59.6 Å². The molecule has 1 saturated heterocycles. The molecule has 1 fully saturated rings. The normalized spacial score (nSPS) is 20.4. The van der Waals surface area contributed by atoms with E-state index in [1.54, 1.807) is 0 Å². The van der Waals surface area contributed by atoms with Crippen LogP contribution in [0.2, 0.25) is 0 Å². The van der Waals surface area contributed by atoms with Crippen molar-refractivity contribution in [2.45, 2.75) is 45.2 Å². The second-order valence-corrected chi connectivity index (χ2v) is 7.02. The molecule has 30 heavy (non-hydrogen) atoms. The number of nitrogens with one attached hydrogen (secondary N) is 1. The molecule has 166 valence electrons. The summed E-state index contributed by atoms with van der Waals surface area (Å²) in [6.45, 7) is 5.11. The largest absolute Gasteiger partial charge is 0.454 e. The Morgan fingerprint density at radius 2 is 1.93 bits per heavy atom. The lowest BCUT2D eigenvalue weighted by Crippen LogP contribution is -2.49. The summed E-state index contributed by atoms with van der Waals surface area (Å²) in [5.41, 5.74) is -2.30. The molecular weight excluding hydrogens is 411 g/mol. The third-order valence-electron chi connectivity index (χ3n) is 4.36. The summed E-state index contributed by atoms with van der Waals surface area (Å²) in [6.07, 6.45) is -5.06. The van der Waals surface area contributed by atoms with Crippen LogP contribution in [0.5, 0.6) is 0 Å². The number of carbonyl (C=O) groups excluding carboxylic acids is 2. The Kier molecular flexibility index (Phi) is 7.24. The van der Waals surface area contributed by atoms with E-state index < -0.39 is 46.9 Å². The van der Waals surface area contributed by atoms with E-state index in [1.807, 2.05) is 13.8 Å². The molecule has 12 heteroatoms. The average molecular weight is 433 g/mol. The number of benzene rings is 1. The van der Waals surface area contributed by atoms with Crippen molar-refractivity contribution in [3.8, 4) is 0 Å². The van der Waals surface area contributed by atoms with Crippen LogP contribution in [0.4, 0.5) is 24.5 Å². The number of nitro benzene ring substituents is 1. The van der Waals surface area contributed by atoms with Crippen LogP contribution in [0.25, 0.3) is 0 Å². The molecule has 9 nitrogen and oxygen atoms in total. The zero-order valence-electron chi connectivity index (χ0n) is 16.6. The van der Waals surface area contributed by atoms with Gasteiger partial charge in [-0.1, -0.05) is 0 Å². The number of hydrogen-bond acceptors (Lipinski definition) is 7. The number of carbonyl (C=O) groups is 2. The molecule has 0 aromatic heterocycles. The van der Waals surface area contributed by atoms with E-state index in [0.717, 1.165) is 6.07 Å². The Hall–Kier alpha value is -2.89. The highest BCUT2D eigenvalue weighted by atomic mass is 19.4. The Balaban J connectivity index is 1.98. The van der Waals surface area contributed by atoms with E-state index in [0.29, 0.717) is 25.2 Å². The number of hydrogen-bond donors (Lipinski definition) is 1. The Bertz CT molecular complexity index is 807. The van der Waals surface area contributed by atoms with Gasteiger partial charge in [0.1, 0.15) is 11.7 Å². The Morgan fingerprint density at radius 3 is 2.47 bits per heavy atom. The van der Waals surface area contributed by atoms with Gasteiger partial charge in [0, 0.05) is 19.2 Å². The lowest BCUT2D eigenvalue weighted by atomic mass is 10.1. The number of ether oxygens (including phenoxy) is 2. The second kappa shape index (κ2) is 9.28. The van der Waals surface area contributed by atoms with E-state index >= 15 is 0 Å². The third kappa shape index (κ3) is 6.05. The third-order valence-corrected chi connectivity index (χ3v) is 4.36. The maximum atomic E-state index is 12.8. The predicted octanol–water partition coefficient (Wildman–Crippen LogP) is 2.59. The fourth-order valence-corrected chi connectivity index (χ4v) is 3.00. The van der Waals surface area contributed by atoms with Gasteiger partial charge in [0.25, 0.3) is 11.6 Å². The lowest BCUT2D eigenvalue weighted by Gasteiger charge is -2.35. The molecule has 1 heterocycles. The van der Waals surface area contributed by atoms with E-state index in [-0.39, 0.29) is 17.9 Å². The van der Waals surface area contributed by atoms with Crippen molar-refractivity contribution in [2.24, 2.45) is 0 Å². The number of nitro groups is 1. The van der Waals surface area contributed by atoms with E-state index in [9.17, 15) is 32.9 Å². The predicted molar refractivity (Wildman–Crippen MR) is 98.7 cm³/mol. The first-order chi connectivity index (χ1) is 13.9. The number of nitrogens with zero attached hydrogens (tertiary/aromatic N) is 2. The second-order valence-electron chi connectivity index (χ2n) is 7.02. The van der Waals surface area contributed by atoms with Gasteiger partial charge >= 0.3 is 12.1 Å². The monoisotopic (exact) mass is 433 g/mol. The summed E-state index contributed by atoms with van der Waals surface area (Å²) in [4.78, 5) is 36.0. The van der Waals surface area contributed by atoms with Gasteiger partial charge in [-0.05, 0) is 32.9 Å². The van der Waals surface area contributed by atoms with E-state index in [4.69, 9.17) is 9.47 Å². The summed E-state index contributed by atoms with van der Waals surface area (Å²) in [6, 6.07) is 0.769. The van der Waals surface area contributed by atoms with Crippen LogP contribution < -0.4 is 5.32 Å². The minimum Gasteiger partial charge on any atom is -0.454 e. The molecule has 0 radical (unpaired) electrons. The highest BCUT2D eigenvalue weighted by Gasteiger charge is 2.33. The number of anilines is 1. The quantitative estimate of drug-likeness (QED) is 0.417. The first-order valence-corrected chi connectivity index (χ1v) is 9.10. The van der Waals surface area contributed by atoms with Gasteiger partial charge in [-0.15, -0.1) is 0 Å². The van der Waals surface area contributed by atoms with Crippen molar-refractivity contribution < 1.29 is 37.2 Å². The fraction of sp³-hybridized carbons (Fsp3) is 0.556. The summed E-state index contributed by atoms with van der Waals surface area (Å²) >= 11 is 0. The summed E-state index contributed by atoms with van der Waals surface area (Å²) in [5.74, 6) is -1.30. The van der Waals surface area contributed by atoms with Crippen molar-refractivity contribution in [3.63, 3.8) is 0 Å². The van der Waals surface area contributed by atoms with Gasteiger partial charge in [-0.25, -0.2) is 4.79 Å². The lowest BCUT2D eigenvalue weighted by molar-refractivity contribution is -0.384. The minimum absolute atomic E-state index is 0.158. The first kappa shape index (κ1) is 23.4. The van der Waals surface area contributed by atoms with E-state index in [2.05, 4.69) is 5.32 Å². The molecule has 1 N–H and O–H groups in total. The van der Waals surface area contributed by atoms with Crippen LogP contribution in [-0.2, 0) is 25.2 Å². The fourth-order valence-electron chi connectivity index (χ4n) is 3.00. The van der Waals surface area contributed by atoms with Crippen LogP contribution in [0.1, 0.15) is 26.3 Å². The van der Waals surface area contributed by atoms with Gasteiger partial charge < -0.3 is 19.7 Å². The van der Waals surface area contributed by atoms with Gasteiger partial charge in [-0.3, -0.25) is 14.9 Å². The van der Waals surface area contributed by atoms with Crippen molar-refractivity contribution in [1.29, 1.82) is 0 Å². The number of morpholine rings is 1. The molecule has 2 rings (SSSR count).